The minimum Gasteiger partial charge on any atom is -0.315 e. The molecule has 0 amide bonds. The topological polar surface area (TPSA) is 58.2 Å². The lowest BCUT2D eigenvalue weighted by molar-refractivity contribution is 0.452. The van der Waals surface area contributed by atoms with E-state index >= 15 is 0 Å². The first-order valence-corrected chi connectivity index (χ1v) is 7.59. The summed E-state index contributed by atoms with van der Waals surface area (Å²) in [5, 5.41) is 3.14. The monoisotopic (exact) mass is 280 g/mol. The van der Waals surface area contributed by atoms with Gasteiger partial charge in [0.1, 0.15) is 4.21 Å². The molecule has 0 bridgehead atoms. The Morgan fingerprint density at radius 3 is 2.81 bits per heavy atom. The summed E-state index contributed by atoms with van der Waals surface area (Å²) in [5.41, 5.74) is -0.394. The van der Waals surface area contributed by atoms with E-state index in [1.807, 2.05) is 6.92 Å². The van der Waals surface area contributed by atoms with Gasteiger partial charge in [0.15, 0.2) is 0 Å². The summed E-state index contributed by atoms with van der Waals surface area (Å²) in [4.78, 5) is 0. The van der Waals surface area contributed by atoms with E-state index in [0.717, 1.165) is 24.3 Å². The predicted octanol–water partition coefficient (Wildman–Crippen LogP) is 1.43. The molecular formula is C9H13ClN2O2S2. The van der Waals surface area contributed by atoms with Gasteiger partial charge in [0.2, 0.25) is 0 Å². The van der Waals surface area contributed by atoms with E-state index in [9.17, 15) is 8.42 Å². The zero-order valence-corrected chi connectivity index (χ0v) is 11.2. The highest BCUT2D eigenvalue weighted by Gasteiger charge is 2.33. The Hall–Kier alpha value is -0.140. The molecule has 0 spiro atoms. The molecule has 7 heteroatoms. The van der Waals surface area contributed by atoms with Crippen molar-refractivity contribution < 1.29 is 8.42 Å². The van der Waals surface area contributed by atoms with Gasteiger partial charge in [-0.2, -0.15) is 0 Å². The van der Waals surface area contributed by atoms with Crippen molar-refractivity contribution in [3.05, 3.63) is 16.5 Å². The molecule has 0 aromatic carbocycles. The van der Waals surface area contributed by atoms with E-state index in [1.54, 1.807) is 6.07 Å². The Kier molecular flexibility index (Phi) is 3.29. The summed E-state index contributed by atoms with van der Waals surface area (Å²) in [6.07, 6.45) is 0.797. The first kappa shape index (κ1) is 12.3. The number of nitrogens with one attached hydrogen (secondary N) is 2. The molecule has 4 nitrogen and oxygen atoms in total. The van der Waals surface area contributed by atoms with E-state index in [-0.39, 0.29) is 4.21 Å². The molecular weight excluding hydrogens is 268 g/mol. The molecule has 16 heavy (non-hydrogen) atoms. The molecule has 1 aliphatic rings. The molecule has 1 aromatic heterocycles. The predicted molar refractivity (Wildman–Crippen MR) is 65.5 cm³/mol. The van der Waals surface area contributed by atoms with Crippen molar-refractivity contribution in [2.45, 2.75) is 23.1 Å². The van der Waals surface area contributed by atoms with Crippen molar-refractivity contribution in [3.8, 4) is 0 Å². The maximum atomic E-state index is 12.0. The second-order valence-electron chi connectivity index (χ2n) is 4.15. The van der Waals surface area contributed by atoms with Crippen LogP contribution in [0.15, 0.2) is 16.3 Å². The maximum Gasteiger partial charge on any atom is 0.250 e. The largest absolute Gasteiger partial charge is 0.315 e. The minimum absolute atomic E-state index is 0.269. The fourth-order valence-corrected chi connectivity index (χ4v) is 4.64. The van der Waals surface area contributed by atoms with Crippen LogP contribution in [0.3, 0.4) is 0 Å². The quantitative estimate of drug-likeness (QED) is 0.881. The molecule has 0 radical (unpaired) electrons. The molecule has 1 aliphatic heterocycles. The highest BCUT2D eigenvalue weighted by atomic mass is 35.5. The highest BCUT2D eigenvalue weighted by molar-refractivity contribution is 7.91. The molecule has 2 rings (SSSR count). The fraction of sp³-hybridized carbons (Fsp3) is 0.556. The van der Waals surface area contributed by atoms with Crippen LogP contribution >= 0.6 is 22.9 Å². The number of halogens is 1. The average Bonchev–Trinajstić information content (AvgIpc) is 2.74. The van der Waals surface area contributed by atoms with Crippen LogP contribution in [-0.4, -0.2) is 27.0 Å². The highest BCUT2D eigenvalue weighted by Crippen LogP contribution is 2.27. The van der Waals surface area contributed by atoms with E-state index in [1.165, 1.54) is 6.07 Å². The van der Waals surface area contributed by atoms with Gasteiger partial charge in [-0.3, -0.25) is 0 Å². The summed E-state index contributed by atoms with van der Waals surface area (Å²) in [6.45, 7) is 3.40. The lowest BCUT2D eigenvalue weighted by Crippen LogP contribution is -2.47. The first-order chi connectivity index (χ1) is 7.41. The maximum absolute atomic E-state index is 12.0. The third kappa shape index (κ3) is 2.57. The van der Waals surface area contributed by atoms with Gasteiger partial charge in [-0.15, -0.1) is 11.3 Å². The van der Waals surface area contributed by atoms with Gasteiger partial charge in [0.05, 0.1) is 4.34 Å². The zero-order chi connectivity index (χ0) is 11.8. The number of sulfonamides is 1. The smallest absolute Gasteiger partial charge is 0.250 e. The zero-order valence-electron chi connectivity index (χ0n) is 8.79. The van der Waals surface area contributed by atoms with Gasteiger partial charge < -0.3 is 5.32 Å². The van der Waals surface area contributed by atoms with Crippen molar-refractivity contribution in [1.82, 2.24) is 10.0 Å². The van der Waals surface area contributed by atoms with Crippen LogP contribution in [0.5, 0.6) is 0 Å². The average molecular weight is 281 g/mol. The summed E-state index contributed by atoms with van der Waals surface area (Å²) < 4.78 is 27.5. The lowest BCUT2D eigenvalue weighted by atomic mass is 10.0. The van der Waals surface area contributed by atoms with E-state index in [0.29, 0.717) is 10.9 Å². The number of hydrogen-bond acceptors (Lipinski definition) is 4. The summed E-state index contributed by atoms with van der Waals surface area (Å²) >= 11 is 6.80. The van der Waals surface area contributed by atoms with Crippen LogP contribution in [0.4, 0.5) is 0 Å². The molecule has 2 N–H and O–H groups in total. The molecule has 0 aliphatic carbocycles. The van der Waals surface area contributed by atoms with E-state index < -0.39 is 15.6 Å². The Balaban J connectivity index is 2.20. The van der Waals surface area contributed by atoms with Gasteiger partial charge in [0.25, 0.3) is 10.0 Å². The molecule has 1 saturated heterocycles. The third-order valence-corrected chi connectivity index (χ3v) is 5.92. The first-order valence-electron chi connectivity index (χ1n) is 4.91. The van der Waals surface area contributed by atoms with Crippen LogP contribution in [0.2, 0.25) is 4.34 Å². The van der Waals surface area contributed by atoms with Crippen molar-refractivity contribution in [3.63, 3.8) is 0 Å². The van der Waals surface area contributed by atoms with Crippen LogP contribution in [0, 0.1) is 0 Å². The normalized spacial score (nSPS) is 26.1. The van der Waals surface area contributed by atoms with Crippen molar-refractivity contribution in [1.29, 1.82) is 0 Å². The SMILES string of the molecule is CC1(NS(=O)(=O)c2ccc(Cl)s2)CCNC1. The molecule has 1 atom stereocenters. The molecule has 0 saturated carbocycles. The molecule has 1 unspecified atom stereocenters. The Morgan fingerprint density at radius 1 is 1.56 bits per heavy atom. The second-order valence-corrected chi connectivity index (χ2v) is 7.78. The van der Waals surface area contributed by atoms with Crippen molar-refractivity contribution >= 4 is 33.0 Å². The van der Waals surface area contributed by atoms with Crippen LogP contribution in [-0.2, 0) is 10.0 Å². The van der Waals surface area contributed by atoms with Gasteiger partial charge in [-0.1, -0.05) is 11.6 Å². The van der Waals surface area contributed by atoms with Gasteiger partial charge in [0, 0.05) is 12.1 Å². The summed E-state index contributed by atoms with van der Waals surface area (Å²) in [6, 6.07) is 3.12. The minimum atomic E-state index is -3.44. The van der Waals surface area contributed by atoms with Crippen LogP contribution < -0.4 is 10.0 Å². The number of hydrogen-bond donors (Lipinski definition) is 2. The lowest BCUT2D eigenvalue weighted by Gasteiger charge is -2.23. The number of rotatable bonds is 3. The standard InChI is InChI=1S/C9H13ClN2O2S2/c1-9(4-5-11-6-9)12-16(13,14)8-3-2-7(10)15-8/h2-3,11-12H,4-6H2,1H3. The Bertz CT molecular complexity index is 477. The molecule has 90 valence electrons. The Labute approximate surface area is 104 Å². The van der Waals surface area contributed by atoms with Crippen molar-refractivity contribution in [2.24, 2.45) is 0 Å². The molecule has 2 heterocycles. The van der Waals surface area contributed by atoms with Gasteiger partial charge >= 0.3 is 0 Å². The second kappa shape index (κ2) is 4.27. The third-order valence-electron chi connectivity index (χ3n) is 2.56. The summed E-state index contributed by atoms with van der Waals surface area (Å²) in [5.74, 6) is 0. The van der Waals surface area contributed by atoms with Gasteiger partial charge in [-0.25, -0.2) is 13.1 Å². The molecule has 1 fully saturated rings. The summed E-state index contributed by atoms with van der Waals surface area (Å²) in [7, 11) is -3.44. The van der Waals surface area contributed by atoms with E-state index in [4.69, 9.17) is 11.6 Å². The van der Waals surface area contributed by atoms with Crippen LogP contribution in [0.25, 0.3) is 0 Å². The molecule has 1 aromatic rings. The number of thiophene rings is 1. The fourth-order valence-electron chi connectivity index (χ4n) is 1.72. The Morgan fingerprint density at radius 2 is 2.31 bits per heavy atom. The van der Waals surface area contributed by atoms with E-state index in [2.05, 4.69) is 10.0 Å². The van der Waals surface area contributed by atoms with Gasteiger partial charge in [-0.05, 0) is 32.0 Å². The van der Waals surface area contributed by atoms with Crippen molar-refractivity contribution in [2.75, 3.05) is 13.1 Å². The van der Waals surface area contributed by atoms with Crippen LogP contribution in [0.1, 0.15) is 13.3 Å².